The quantitative estimate of drug-likeness (QED) is 0.437. The predicted octanol–water partition coefficient (Wildman–Crippen LogP) is 0.573. The van der Waals surface area contributed by atoms with Crippen LogP contribution in [0.5, 0.6) is 0 Å². The second-order valence-electron chi connectivity index (χ2n) is 2.69. The van der Waals surface area contributed by atoms with Gasteiger partial charge in [-0.1, -0.05) is 12.8 Å². The van der Waals surface area contributed by atoms with E-state index >= 15 is 0 Å². The molecule has 0 aromatic carbocycles. The van der Waals surface area contributed by atoms with E-state index in [-0.39, 0.29) is 5.97 Å². The maximum atomic E-state index is 10.3. The van der Waals surface area contributed by atoms with E-state index < -0.39 is 0 Å². The highest BCUT2D eigenvalue weighted by atomic mass is 16.7. The van der Waals surface area contributed by atoms with Crippen molar-refractivity contribution in [2.24, 2.45) is 5.73 Å². The van der Waals surface area contributed by atoms with Crippen molar-refractivity contribution in [2.45, 2.75) is 32.6 Å². The minimum atomic E-state index is -0.294. The van der Waals surface area contributed by atoms with Gasteiger partial charge in [0.25, 0.3) is 0 Å². The fourth-order valence-corrected chi connectivity index (χ4v) is 0.848. The highest BCUT2D eigenvalue weighted by Crippen LogP contribution is 1.96. The van der Waals surface area contributed by atoms with Crippen LogP contribution in [0.25, 0.3) is 0 Å². The molecule has 0 saturated heterocycles. The van der Waals surface area contributed by atoms with Gasteiger partial charge in [-0.15, -0.1) is 0 Å². The van der Waals surface area contributed by atoms with E-state index in [4.69, 9.17) is 5.73 Å². The molecule has 0 atom stereocenters. The molecular formula is C8H18N2O2. The van der Waals surface area contributed by atoms with Gasteiger partial charge in [0.15, 0.2) is 0 Å². The first kappa shape index (κ1) is 11.4. The van der Waals surface area contributed by atoms with Gasteiger partial charge >= 0.3 is 5.97 Å². The van der Waals surface area contributed by atoms with Crippen LogP contribution in [0, 0.1) is 0 Å². The third-order valence-electron chi connectivity index (χ3n) is 1.45. The van der Waals surface area contributed by atoms with Crippen LogP contribution in [-0.2, 0) is 9.63 Å². The summed E-state index contributed by atoms with van der Waals surface area (Å²) in [5.74, 6) is -0.294. The molecule has 12 heavy (non-hydrogen) atoms. The molecule has 0 aromatic heterocycles. The first-order chi connectivity index (χ1) is 5.77. The lowest BCUT2D eigenvalue weighted by atomic mass is 10.2. The highest BCUT2D eigenvalue weighted by molar-refractivity contribution is 5.65. The van der Waals surface area contributed by atoms with Gasteiger partial charge < -0.3 is 10.6 Å². The Morgan fingerprint density at radius 3 is 2.58 bits per heavy atom. The third-order valence-corrected chi connectivity index (χ3v) is 1.45. The molecule has 0 unspecified atom stereocenters. The molecule has 0 aliphatic rings. The molecular weight excluding hydrogens is 156 g/mol. The molecule has 0 amide bonds. The van der Waals surface area contributed by atoms with Crippen LogP contribution in [0.2, 0.25) is 0 Å². The number of rotatable bonds is 7. The van der Waals surface area contributed by atoms with Crippen LogP contribution in [0.15, 0.2) is 0 Å². The molecule has 4 heteroatoms. The summed E-state index contributed by atoms with van der Waals surface area (Å²) >= 11 is 0. The lowest BCUT2D eigenvalue weighted by Crippen LogP contribution is -2.18. The minimum absolute atomic E-state index is 0.294. The molecule has 72 valence electrons. The molecule has 0 saturated carbocycles. The average Bonchev–Trinajstić information content (AvgIpc) is 2.02. The van der Waals surface area contributed by atoms with Gasteiger partial charge in [-0.2, -0.15) is 5.48 Å². The van der Waals surface area contributed by atoms with Crippen LogP contribution in [0.3, 0.4) is 0 Å². The van der Waals surface area contributed by atoms with Gasteiger partial charge in [0.05, 0.1) is 0 Å². The lowest BCUT2D eigenvalue weighted by molar-refractivity contribution is -0.148. The molecule has 0 aromatic rings. The second kappa shape index (κ2) is 8.49. The summed E-state index contributed by atoms with van der Waals surface area (Å²) in [4.78, 5) is 14.8. The second-order valence-corrected chi connectivity index (χ2v) is 2.69. The zero-order valence-corrected chi connectivity index (χ0v) is 7.64. The summed E-state index contributed by atoms with van der Waals surface area (Å²) in [6, 6.07) is 0. The van der Waals surface area contributed by atoms with Crippen molar-refractivity contribution in [3.63, 3.8) is 0 Å². The molecule has 0 rings (SSSR count). The van der Waals surface area contributed by atoms with E-state index in [1.54, 1.807) is 0 Å². The number of carbonyl (C=O) groups excluding carboxylic acids is 1. The SMILES string of the molecule is CC(=O)ONCCCCCCN. The summed E-state index contributed by atoms with van der Waals surface area (Å²) in [6.45, 7) is 2.86. The maximum absolute atomic E-state index is 10.3. The first-order valence-corrected chi connectivity index (χ1v) is 4.37. The van der Waals surface area contributed by atoms with Gasteiger partial charge in [-0.3, -0.25) is 4.79 Å². The van der Waals surface area contributed by atoms with Crippen molar-refractivity contribution in [3.8, 4) is 0 Å². The smallest absolute Gasteiger partial charge is 0.321 e. The van der Waals surface area contributed by atoms with Crippen LogP contribution >= 0.6 is 0 Å². The van der Waals surface area contributed by atoms with E-state index in [1.807, 2.05) is 0 Å². The normalized spacial score (nSPS) is 9.83. The van der Waals surface area contributed by atoms with Gasteiger partial charge in [-0.05, 0) is 19.4 Å². The van der Waals surface area contributed by atoms with E-state index in [2.05, 4.69) is 10.3 Å². The van der Waals surface area contributed by atoms with Crippen LogP contribution in [-0.4, -0.2) is 19.1 Å². The number of nitrogens with one attached hydrogen (secondary N) is 1. The van der Waals surface area contributed by atoms with Gasteiger partial charge in [0, 0.05) is 13.5 Å². The van der Waals surface area contributed by atoms with Crippen LogP contribution < -0.4 is 11.2 Å². The van der Waals surface area contributed by atoms with E-state index in [9.17, 15) is 4.79 Å². The average molecular weight is 174 g/mol. The summed E-state index contributed by atoms with van der Waals surface area (Å²) in [6.07, 6.45) is 4.38. The largest absolute Gasteiger partial charge is 0.371 e. The molecule has 0 aliphatic heterocycles. The third kappa shape index (κ3) is 9.39. The molecule has 0 radical (unpaired) electrons. The summed E-state index contributed by atoms with van der Waals surface area (Å²) in [7, 11) is 0. The Balaban J connectivity index is 2.86. The van der Waals surface area contributed by atoms with Crippen LogP contribution in [0.4, 0.5) is 0 Å². The number of hydroxylamine groups is 1. The van der Waals surface area contributed by atoms with E-state index in [1.165, 1.54) is 6.92 Å². The van der Waals surface area contributed by atoms with Crippen molar-refractivity contribution in [2.75, 3.05) is 13.1 Å². The molecule has 3 N–H and O–H groups in total. The van der Waals surface area contributed by atoms with E-state index in [0.29, 0.717) is 0 Å². The Kier molecular flexibility index (Phi) is 8.05. The zero-order valence-electron chi connectivity index (χ0n) is 7.64. The van der Waals surface area contributed by atoms with Gasteiger partial charge in [0.2, 0.25) is 0 Å². The van der Waals surface area contributed by atoms with Crippen molar-refractivity contribution in [1.82, 2.24) is 5.48 Å². The fourth-order valence-electron chi connectivity index (χ4n) is 0.848. The molecule has 4 nitrogen and oxygen atoms in total. The fraction of sp³-hybridized carbons (Fsp3) is 0.875. The Bertz CT molecular complexity index is 118. The molecule has 0 bridgehead atoms. The molecule has 0 heterocycles. The first-order valence-electron chi connectivity index (χ1n) is 4.37. The topological polar surface area (TPSA) is 64.3 Å². The summed E-state index contributed by atoms with van der Waals surface area (Å²) in [5, 5.41) is 0. The van der Waals surface area contributed by atoms with Crippen molar-refractivity contribution in [1.29, 1.82) is 0 Å². The number of hydrogen-bond acceptors (Lipinski definition) is 4. The number of nitrogens with two attached hydrogens (primary N) is 1. The number of carbonyl (C=O) groups is 1. The highest BCUT2D eigenvalue weighted by Gasteiger charge is 1.91. The minimum Gasteiger partial charge on any atom is -0.371 e. The predicted molar refractivity (Wildman–Crippen MR) is 47.3 cm³/mol. The van der Waals surface area contributed by atoms with Crippen molar-refractivity contribution >= 4 is 5.97 Å². The monoisotopic (exact) mass is 174 g/mol. The molecule has 0 aliphatic carbocycles. The molecule has 0 spiro atoms. The van der Waals surface area contributed by atoms with Gasteiger partial charge in [-0.25, -0.2) is 0 Å². The standard InChI is InChI=1S/C8H18N2O2/c1-8(11)12-10-7-5-3-2-4-6-9/h10H,2-7,9H2,1H3. The Morgan fingerprint density at radius 1 is 1.33 bits per heavy atom. The van der Waals surface area contributed by atoms with Crippen molar-refractivity contribution in [3.05, 3.63) is 0 Å². The Labute approximate surface area is 73.4 Å². The van der Waals surface area contributed by atoms with Gasteiger partial charge in [0.1, 0.15) is 0 Å². The lowest BCUT2D eigenvalue weighted by Gasteiger charge is -2.02. The summed E-state index contributed by atoms with van der Waals surface area (Å²) < 4.78 is 0. The van der Waals surface area contributed by atoms with Crippen molar-refractivity contribution < 1.29 is 9.63 Å². The number of unbranched alkanes of at least 4 members (excludes halogenated alkanes) is 3. The molecule has 0 fully saturated rings. The van der Waals surface area contributed by atoms with E-state index in [0.717, 1.165) is 38.8 Å². The summed E-state index contributed by atoms with van der Waals surface area (Å²) in [5.41, 5.74) is 7.91. The number of hydrogen-bond donors (Lipinski definition) is 2. The zero-order chi connectivity index (χ0) is 9.23. The Hall–Kier alpha value is -0.610. The Morgan fingerprint density at radius 2 is 2.00 bits per heavy atom. The maximum Gasteiger partial charge on any atom is 0.321 e. The van der Waals surface area contributed by atoms with Crippen LogP contribution in [0.1, 0.15) is 32.6 Å².